The molecule has 1 atom stereocenters. The van der Waals surface area contributed by atoms with Gasteiger partial charge in [-0.1, -0.05) is 19.9 Å². The molecule has 1 aromatic rings. The van der Waals surface area contributed by atoms with Crippen molar-refractivity contribution in [3.63, 3.8) is 0 Å². The van der Waals surface area contributed by atoms with Gasteiger partial charge in [0.25, 0.3) is 0 Å². The molecule has 65 valence electrons. The maximum absolute atomic E-state index is 3.99. The van der Waals surface area contributed by atoms with Gasteiger partial charge in [0.2, 0.25) is 0 Å². The Morgan fingerprint density at radius 3 is 2.58 bits per heavy atom. The van der Waals surface area contributed by atoms with E-state index in [0.29, 0.717) is 5.92 Å². The summed E-state index contributed by atoms with van der Waals surface area (Å²) in [5.41, 5.74) is 1.42. The maximum Gasteiger partial charge on any atom is 0.0172 e. The van der Waals surface area contributed by atoms with E-state index in [1.54, 1.807) is 0 Å². The first kappa shape index (κ1) is 10.8. The highest BCUT2D eigenvalue weighted by atomic mass is 127. The fourth-order valence-corrected chi connectivity index (χ4v) is 2.89. The predicted molar refractivity (Wildman–Crippen MR) is 70.1 cm³/mol. The van der Waals surface area contributed by atoms with Crippen molar-refractivity contribution in [1.82, 2.24) is 0 Å². The van der Waals surface area contributed by atoms with Gasteiger partial charge < -0.3 is 0 Å². The van der Waals surface area contributed by atoms with Crippen molar-refractivity contribution in [2.45, 2.75) is 13.3 Å². The van der Waals surface area contributed by atoms with Crippen molar-refractivity contribution >= 4 is 45.2 Å². The molecule has 0 aliphatic carbocycles. The van der Waals surface area contributed by atoms with Gasteiger partial charge in [-0.15, -0.1) is 0 Å². The molecule has 0 saturated heterocycles. The first-order valence-corrected chi connectivity index (χ1v) is 6.02. The first-order valence-electron chi connectivity index (χ1n) is 3.86. The van der Waals surface area contributed by atoms with Crippen LogP contribution in [-0.2, 0) is 6.42 Å². The molecular formula is C10H11I2. The molecule has 0 amide bonds. The van der Waals surface area contributed by atoms with Gasteiger partial charge in [-0.05, 0) is 75.2 Å². The van der Waals surface area contributed by atoms with Gasteiger partial charge in [-0.25, -0.2) is 0 Å². The molecule has 0 nitrogen and oxygen atoms in total. The van der Waals surface area contributed by atoms with Crippen LogP contribution in [0.5, 0.6) is 0 Å². The van der Waals surface area contributed by atoms with Crippen LogP contribution in [0.25, 0.3) is 0 Å². The zero-order chi connectivity index (χ0) is 9.14. The minimum absolute atomic E-state index is 0.499. The predicted octanol–water partition coefficient (Wildman–Crippen LogP) is 3.91. The van der Waals surface area contributed by atoms with Gasteiger partial charge in [0.1, 0.15) is 0 Å². The standard InChI is InChI=1S/C10H11I2/c1-7(2)5-8-3-4-9(11)6-10(8)12/h3-4,6-7H,1,5H2,2H3. The molecule has 0 spiro atoms. The minimum Gasteiger partial charge on any atom is -0.0622 e. The largest absolute Gasteiger partial charge is 0.0622 e. The van der Waals surface area contributed by atoms with Crippen LogP contribution in [0, 0.1) is 20.0 Å². The molecule has 1 rings (SSSR count). The molecule has 12 heavy (non-hydrogen) atoms. The monoisotopic (exact) mass is 385 g/mol. The molecule has 0 fully saturated rings. The van der Waals surface area contributed by atoms with E-state index in [0.717, 1.165) is 6.42 Å². The van der Waals surface area contributed by atoms with Crippen LogP contribution in [-0.4, -0.2) is 0 Å². The average Bonchev–Trinajstić information content (AvgIpc) is 1.94. The normalized spacial score (nSPS) is 10.8. The van der Waals surface area contributed by atoms with Gasteiger partial charge in [0.15, 0.2) is 0 Å². The second-order valence-electron chi connectivity index (χ2n) is 3.05. The van der Waals surface area contributed by atoms with Gasteiger partial charge in [-0.3, -0.25) is 0 Å². The van der Waals surface area contributed by atoms with Crippen LogP contribution in [0.3, 0.4) is 0 Å². The van der Waals surface area contributed by atoms with E-state index in [9.17, 15) is 0 Å². The maximum atomic E-state index is 3.99. The zero-order valence-corrected chi connectivity index (χ0v) is 11.3. The molecule has 0 bridgehead atoms. The van der Waals surface area contributed by atoms with Crippen LogP contribution in [0.1, 0.15) is 12.5 Å². The summed E-state index contributed by atoms with van der Waals surface area (Å²) in [5, 5.41) is 0. The molecule has 0 aromatic heterocycles. The van der Waals surface area contributed by atoms with E-state index >= 15 is 0 Å². The SMILES string of the molecule is [CH2]C(C)Cc1ccc(I)cc1I. The van der Waals surface area contributed by atoms with Gasteiger partial charge in [0.05, 0.1) is 0 Å². The molecule has 0 saturated carbocycles. The van der Waals surface area contributed by atoms with Gasteiger partial charge in [0, 0.05) is 7.14 Å². The summed E-state index contributed by atoms with van der Waals surface area (Å²) in [4.78, 5) is 0. The molecule has 1 unspecified atom stereocenters. The van der Waals surface area contributed by atoms with E-state index in [1.807, 2.05) is 0 Å². The second-order valence-corrected chi connectivity index (χ2v) is 5.45. The molecular weight excluding hydrogens is 374 g/mol. The third kappa shape index (κ3) is 3.20. The van der Waals surface area contributed by atoms with Gasteiger partial charge in [-0.2, -0.15) is 0 Å². The Labute approximate surface area is 101 Å². The molecule has 1 radical (unpaired) electrons. The number of hydrogen-bond donors (Lipinski definition) is 0. The summed E-state index contributed by atoms with van der Waals surface area (Å²) < 4.78 is 2.66. The molecule has 0 heterocycles. The van der Waals surface area contributed by atoms with Crippen LogP contribution >= 0.6 is 45.2 Å². The lowest BCUT2D eigenvalue weighted by Crippen LogP contribution is -1.97. The molecule has 0 N–H and O–H groups in total. The zero-order valence-electron chi connectivity index (χ0n) is 6.98. The third-order valence-electron chi connectivity index (χ3n) is 1.58. The van der Waals surface area contributed by atoms with Crippen molar-refractivity contribution < 1.29 is 0 Å². The molecule has 2 heteroatoms. The van der Waals surface area contributed by atoms with Crippen molar-refractivity contribution in [2.24, 2.45) is 5.92 Å². The Morgan fingerprint density at radius 1 is 1.42 bits per heavy atom. The Bertz CT molecular complexity index is 267. The van der Waals surface area contributed by atoms with Crippen LogP contribution in [0.2, 0.25) is 0 Å². The Morgan fingerprint density at radius 2 is 2.08 bits per heavy atom. The Balaban J connectivity index is 2.86. The van der Waals surface area contributed by atoms with Gasteiger partial charge >= 0.3 is 0 Å². The quantitative estimate of drug-likeness (QED) is 0.678. The van der Waals surface area contributed by atoms with Crippen molar-refractivity contribution in [3.8, 4) is 0 Å². The summed E-state index contributed by atoms with van der Waals surface area (Å²) in [6, 6.07) is 6.56. The molecule has 1 aromatic carbocycles. The van der Waals surface area contributed by atoms with Crippen LogP contribution in [0.15, 0.2) is 18.2 Å². The Kier molecular flexibility index (Phi) is 4.29. The second kappa shape index (κ2) is 4.79. The van der Waals surface area contributed by atoms with Crippen LogP contribution < -0.4 is 0 Å². The average molecular weight is 385 g/mol. The first-order chi connectivity index (χ1) is 5.59. The van der Waals surface area contributed by atoms with Crippen molar-refractivity contribution in [1.29, 1.82) is 0 Å². The lowest BCUT2D eigenvalue weighted by Gasteiger charge is -2.07. The fraction of sp³-hybridized carbons (Fsp3) is 0.300. The number of benzene rings is 1. The smallest absolute Gasteiger partial charge is 0.0172 e. The van der Waals surface area contributed by atoms with E-state index in [1.165, 1.54) is 12.7 Å². The highest BCUT2D eigenvalue weighted by molar-refractivity contribution is 14.1. The molecule has 0 aliphatic rings. The van der Waals surface area contributed by atoms with E-state index in [2.05, 4.69) is 77.2 Å². The summed E-state index contributed by atoms with van der Waals surface area (Å²) in [7, 11) is 0. The summed E-state index contributed by atoms with van der Waals surface area (Å²) in [6.07, 6.45) is 1.08. The highest BCUT2D eigenvalue weighted by Crippen LogP contribution is 2.18. The Hall–Kier alpha value is 0.680. The van der Waals surface area contributed by atoms with Crippen molar-refractivity contribution in [3.05, 3.63) is 37.8 Å². The fourth-order valence-electron chi connectivity index (χ4n) is 1.06. The van der Waals surface area contributed by atoms with Crippen molar-refractivity contribution in [2.75, 3.05) is 0 Å². The number of halogens is 2. The summed E-state index contributed by atoms with van der Waals surface area (Å²) in [5.74, 6) is 0.499. The molecule has 0 aliphatic heterocycles. The minimum atomic E-state index is 0.499. The van der Waals surface area contributed by atoms with E-state index < -0.39 is 0 Å². The lowest BCUT2D eigenvalue weighted by molar-refractivity contribution is 0.717. The topological polar surface area (TPSA) is 0 Å². The lowest BCUT2D eigenvalue weighted by atomic mass is 10.0. The summed E-state index contributed by atoms with van der Waals surface area (Å²) in [6.45, 7) is 6.14. The number of rotatable bonds is 2. The van der Waals surface area contributed by atoms with E-state index in [4.69, 9.17) is 0 Å². The highest BCUT2D eigenvalue weighted by Gasteiger charge is 2.02. The summed E-state index contributed by atoms with van der Waals surface area (Å²) >= 11 is 4.72. The number of hydrogen-bond acceptors (Lipinski definition) is 0. The van der Waals surface area contributed by atoms with E-state index in [-0.39, 0.29) is 0 Å². The van der Waals surface area contributed by atoms with Crippen LogP contribution in [0.4, 0.5) is 0 Å². The third-order valence-corrected chi connectivity index (χ3v) is 3.26.